The van der Waals surface area contributed by atoms with Gasteiger partial charge in [0.05, 0.1) is 0 Å². The van der Waals surface area contributed by atoms with Crippen molar-refractivity contribution in [2.45, 2.75) is 32.6 Å². The third kappa shape index (κ3) is 2.03. The molecular formula is C10H14FN. The third-order valence-electron chi connectivity index (χ3n) is 2.04. The summed E-state index contributed by atoms with van der Waals surface area (Å²) in [4.78, 5) is 3.62. The van der Waals surface area contributed by atoms with Crippen LogP contribution in [0.3, 0.4) is 0 Å². The van der Waals surface area contributed by atoms with Crippen LogP contribution in [-0.4, -0.2) is 4.98 Å². The van der Waals surface area contributed by atoms with Gasteiger partial charge < -0.3 is 0 Å². The zero-order valence-electron chi connectivity index (χ0n) is 7.55. The van der Waals surface area contributed by atoms with Crippen LogP contribution in [0.2, 0.25) is 0 Å². The first-order valence-electron chi connectivity index (χ1n) is 4.36. The van der Waals surface area contributed by atoms with Crippen LogP contribution >= 0.6 is 0 Å². The molecule has 0 bridgehead atoms. The molecule has 1 rings (SSSR count). The quantitative estimate of drug-likeness (QED) is 0.630. The fourth-order valence-electron chi connectivity index (χ4n) is 1.35. The van der Waals surface area contributed by atoms with Crippen LogP contribution in [0.1, 0.15) is 38.2 Å². The second kappa shape index (κ2) is 4.19. The van der Waals surface area contributed by atoms with Gasteiger partial charge in [0.25, 0.3) is 0 Å². The molecule has 0 saturated carbocycles. The van der Waals surface area contributed by atoms with E-state index >= 15 is 0 Å². The zero-order valence-corrected chi connectivity index (χ0v) is 7.55. The van der Waals surface area contributed by atoms with Crippen LogP contribution in [-0.2, 0) is 0 Å². The van der Waals surface area contributed by atoms with E-state index in [-0.39, 0.29) is 11.9 Å². The fourth-order valence-corrected chi connectivity index (χ4v) is 1.35. The van der Waals surface area contributed by atoms with E-state index in [2.05, 4.69) is 11.9 Å². The first-order valence-corrected chi connectivity index (χ1v) is 4.36. The smallest absolute Gasteiger partial charge is 0.216 e. The largest absolute Gasteiger partial charge is 0.228 e. The van der Waals surface area contributed by atoms with E-state index in [9.17, 15) is 4.39 Å². The summed E-state index contributed by atoms with van der Waals surface area (Å²) >= 11 is 0. The van der Waals surface area contributed by atoms with Crippen molar-refractivity contribution in [1.29, 1.82) is 0 Å². The number of hydrogen-bond acceptors (Lipinski definition) is 1. The average Bonchev–Trinajstić information content (AvgIpc) is 2.05. The lowest BCUT2D eigenvalue weighted by molar-refractivity contribution is 0.537. The molecule has 1 nitrogen and oxygen atoms in total. The molecule has 0 aliphatic heterocycles. The molecule has 12 heavy (non-hydrogen) atoms. The molecule has 1 aromatic rings. The molecule has 0 radical (unpaired) electrons. The molecule has 1 atom stereocenters. The van der Waals surface area contributed by atoms with Crippen LogP contribution in [0, 0.1) is 5.95 Å². The van der Waals surface area contributed by atoms with Crippen molar-refractivity contribution in [1.82, 2.24) is 4.98 Å². The molecule has 0 amide bonds. The predicted molar refractivity (Wildman–Crippen MR) is 47.5 cm³/mol. The molecule has 0 fully saturated rings. The van der Waals surface area contributed by atoms with Crippen LogP contribution < -0.4 is 0 Å². The summed E-state index contributed by atoms with van der Waals surface area (Å²) in [5.74, 6) is -0.0397. The van der Waals surface area contributed by atoms with Gasteiger partial charge >= 0.3 is 0 Å². The molecule has 0 aromatic carbocycles. The van der Waals surface area contributed by atoms with E-state index in [4.69, 9.17) is 0 Å². The minimum atomic E-state index is -0.321. The van der Waals surface area contributed by atoms with Gasteiger partial charge in [0.1, 0.15) is 0 Å². The second-order valence-corrected chi connectivity index (χ2v) is 3.07. The molecule has 1 heterocycles. The highest BCUT2D eigenvalue weighted by molar-refractivity contribution is 5.15. The average molecular weight is 167 g/mol. The highest BCUT2D eigenvalue weighted by Crippen LogP contribution is 2.21. The molecule has 0 aliphatic rings. The lowest BCUT2D eigenvalue weighted by Gasteiger charge is -2.09. The van der Waals surface area contributed by atoms with Crippen molar-refractivity contribution in [3.63, 3.8) is 0 Å². The van der Waals surface area contributed by atoms with E-state index in [1.54, 1.807) is 6.07 Å². The molecule has 0 N–H and O–H groups in total. The Morgan fingerprint density at radius 3 is 2.92 bits per heavy atom. The summed E-state index contributed by atoms with van der Waals surface area (Å²) in [5.41, 5.74) is 0.736. The van der Waals surface area contributed by atoms with Gasteiger partial charge in [-0.3, -0.25) is 0 Å². The van der Waals surface area contributed by atoms with Crippen molar-refractivity contribution in [3.8, 4) is 0 Å². The van der Waals surface area contributed by atoms with Gasteiger partial charge in [0.15, 0.2) is 0 Å². The molecular weight excluding hydrogens is 153 g/mol. The van der Waals surface area contributed by atoms with Crippen molar-refractivity contribution in [3.05, 3.63) is 29.8 Å². The Morgan fingerprint density at radius 1 is 1.58 bits per heavy atom. The van der Waals surface area contributed by atoms with E-state index in [1.807, 2.05) is 13.0 Å². The molecule has 0 saturated heterocycles. The SMILES string of the molecule is CCCC(C)c1cccnc1F. The Balaban J connectivity index is 2.79. The topological polar surface area (TPSA) is 12.9 Å². The lowest BCUT2D eigenvalue weighted by Crippen LogP contribution is -1.98. The van der Waals surface area contributed by atoms with Gasteiger partial charge in [0, 0.05) is 11.8 Å². The standard InChI is InChI=1S/C10H14FN/c1-3-5-8(2)9-6-4-7-12-10(9)11/h4,6-8H,3,5H2,1-2H3. The number of aromatic nitrogens is 1. The van der Waals surface area contributed by atoms with E-state index in [0.717, 1.165) is 18.4 Å². The van der Waals surface area contributed by atoms with Gasteiger partial charge in [-0.25, -0.2) is 4.98 Å². The molecule has 2 heteroatoms. The Bertz CT molecular complexity index is 247. The number of halogens is 1. The normalized spacial score (nSPS) is 12.9. The van der Waals surface area contributed by atoms with E-state index in [0.29, 0.717) is 0 Å². The molecule has 0 aliphatic carbocycles. The summed E-state index contributed by atoms with van der Waals surface area (Å²) in [6.45, 7) is 4.13. The summed E-state index contributed by atoms with van der Waals surface area (Å²) in [6.07, 6.45) is 3.58. The number of rotatable bonds is 3. The predicted octanol–water partition coefficient (Wildman–Crippen LogP) is 3.12. The Morgan fingerprint density at radius 2 is 2.33 bits per heavy atom. The van der Waals surface area contributed by atoms with Gasteiger partial charge in [-0.15, -0.1) is 0 Å². The highest BCUT2D eigenvalue weighted by Gasteiger charge is 2.09. The molecule has 1 unspecified atom stereocenters. The van der Waals surface area contributed by atoms with Crippen LogP contribution in [0.5, 0.6) is 0 Å². The maximum Gasteiger partial charge on any atom is 0.216 e. The lowest BCUT2D eigenvalue weighted by atomic mass is 9.98. The summed E-state index contributed by atoms with van der Waals surface area (Å²) in [5, 5.41) is 0. The van der Waals surface area contributed by atoms with Crippen molar-refractivity contribution in [2.75, 3.05) is 0 Å². The minimum Gasteiger partial charge on any atom is -0.228 e. The van der Waals surface area contributed by atoms with E-state index in [1.165, 1.54) is 6.20 Å². The maximum absolute atomic E-state index is 13.1. The van der Waals surface area contributed by atoms with Gasteiger partial charge in [-0.1, -0.05) is 26.3 Å². The molecule has 0 spiro atoms. The first kappa shape index (κ1) is 9.17. The van der Waals surface area contributed by atoms with Gasteiger partial charge in [-0.05, 0) is 18.4 Å². The highest BCUT2D eigenvalue weighted by atomic mass is 19.1. The van der Waals surface area contributed by atoms with Crippen LogP contribution in [0.4, 0.5) is 4.39 Å². The van der Waals surface area contributed by atoms with Crippen LogP contribution in [0.15, 0.2) is 18.3 Å². The minimum absolute atomic E-state index is 0.281. The summed E-state index contributed by atoms with van der Waals surface area (Å²) in [7, 11) is 0. The number of pyridine rings is 1. The maximum atomic E-state index is 13.1. The number of nitrogens with zero attached hydrogens (tertiary/aromatic N) is 1. The van der Waals surface area contributed by atoms with Crippen LogP contribution in [0.25, 0.3) is 0 Å². The Hall–Kier alpha value is -0.920. The summed E-state index contributed by atoms with van der Waals surface area (Å²) < 4.78 is 13.1. The molecule has 1 aromatic heterocycles. The monoisotopic (exact) mass is 167 g/mol. The fraction of sp³-hybridized carbons (Fsp3) is 0.500. The van der Waals surface area contributed by atoms with Crippen molar-refractivity contribution >= 4 is 0 Å². The van der Waals surface area contributed by atoms with Gasteiger partial charge in [0.2, 0.25) is 5.95 Å². The summed E-state index contributed by atoms with van der Waals surface area (Å²) in [6, 6.07) is 3.59. The van der Waals surface area contributed by atoms with Crippen molar-refractivity contribution < 1.29 is 4.39 Å². The molecule has 66 valence electrons. The Kier molecular flexibility index (Phi) is 3.20. The second-order valence-electron chi connectivity index (χ2n) is 3.07. The zero-order chi connectivity index (χ0) is 8.97. The van der Waals surface area contributed by atoms with E-state index < -0.39 is 0 Å². The number of hydrogen-bond donors (Lipinski definition) is 0. The first-order chi connectivity index (χ1) is 5.75. The third-order valence-corrected chi connectivity index (χ3v) is 2.04. The van der Waals surface area contributed by atoms with Crippen molar-refractivity contribution in [2.24, 2.45) is 0 Å². The van der Waals surface area contributed by atoms with Gasteiger partial charge in [-0.2, -0.15) is 4.39 Å². The Labute approximate surface area is 72.6 Å².